The van der Waals surface area contributed by atoms with Crippen molar-refractivity contribution in [3.8, 4) is 0 Å². The summed E-state index contributed by atoms with van der Waals surface area (Å²) in [6.45, 7) is 0. The standard InChI is InChI=1S/C13H10BrF2N/c14-9-4-5-12(16)11(7-9)13(17)8-2-1-3-10(15)6-8/h1-7,13H,17H2. The van der Waals surface area contributed by atoms with Crippen LogP contribution >= 0.6 is 15.9 Å². The highest BCUT2D eigenvalue weighted by Crippen LogP contribution is 2.25. The molecule has 0 bridgehead atoms. The zero-order valence-corrected chi connectivity index (χ0v) is 10.4. The molecule has 0 aliphatic heterocycles. The highest BCUT2D eigenvalue weighted by molar-refractivity contribution is 9.10. The van der Waals surface area contributed by atoms with E-state index in [0.29, 0.717) is 11.1 Å². The summed E-state index contributed by atoms with van der Waals surface area (Å²) in [6.07, 6.45) is 0. The Morgan fingerprint density at radius 2 is 1.82 bits per heavy atom. The van der Waals surface area contributed by atoms with Gasteiger partial charge in [0.25, 0.3) is 0 Å². The Morgan fingerprint density at radius 1 is 1.06 bits per heavy atom. The molecular weight excluding hydrogens is 288 g/mol. The van der Waals surface area contributed by atoms with Gasteiger partial charge < -0.3 is 5.73 Å². The first-order chi connectivity index (χ1) is 8.08. The summed E-state index contributed by atoms with van der Waals surface area (Å²) in [6, 6.07) is 9.72. The van der Waals surface area contributed by atoms with Gasteiger partial charge in [-0.25, -0.2) is 8.78 Å². The van der Waals surface area contributed by atoms with Gasteiger partial charge in [0.05, 0.1) is 6.04 Å². The van der Waals surface area contributed by atoms with E-state index in [-0.39, 0.29) is 5.82 Å². The van der Waals surface area contributed by atoms with Gasteiger partial charge in [-0.3, -0.25) is 0 Å². The first kappa shape index (κ1) is 12.2. The fourth-order valence-electron chi connectivity index (χ4n) is 1.63. The molecule has 0 radical (unpaired) electrons. The van der Waals surface area contributed by atoms with Crippen molar-refractivity contribution in [1.29, 1.82) is 0 Å². The van der Waals surface area contributed by atoms with E-state index in [4.69, 9.17) is 5.73 Å². The molecule has 0 heterocycles. The van der Waals surface area contributed by atoms with Gasteiger partial charge in [-0.1, -0.05) is 28.1 Å². The quantitative estimate of drug-likeness (QED) is 0.897. The second-order valence-electron chi connectivity index (χ2n) is 3.70. The number of hydrogen-bond donors (Lipinski definition) is 1. The molecule has 1 nitrogen and oxygen atoms in total. The first-order valence-corrected chi connectivity index (χ1v) is 5.83. The van der Waals surface area contributed by atoms with Gasteiger partial charge in [0.1, 0.15) is 11.6 Å². The minimum Gasteiger partial charge on any atom is -0.320 e. The topological polar surface area (TPSA) is 26.0 Å². The van der Waals surface area contributed by atoms with Crippen LogP contribution in [-0.2, 0) is 0 Å². The fraction of sp³-hybridized carbons (Fsp3) is 0.0769. The lowest BCUT2D eigenvalue weighted by Crippen LogP contribution is -2.13. The Balaban J connectivity index is 2.43. The normalized spacial score (nSPS) is 12.5. The number of rotatable bonds is 2. The van der Waals surface area contributed by atoms with E-state index in [9.17, 15) is 8.78 Å². The van der Waals surface area contributed by atoms with Crippen LogP contribution in [0.15, 0.2) is 46.9 Å². The van der Waals surface area contributed by atoms with Crippen LogP contribution < -0.4 is 5.73 Å². The smallest absolute Gasteiger partial charge is 0.128 e. The Morgan fingerprint density at radius 3 is 2.53 bits per heavy atom. The zero-order chi connectivity index (χ0) is 12.4. The van der Waals surface area contributed by atoms with Gasteiger partial charge in [0.15, 0.2) is 0 Å². The Bertz CT molecular complexity index is 543. The number of halogens is 3. The van der Waals surface area contributed by atoms with Crippen LogP contribution in [0.4, 0.5) is 8.78 Å². The summed E-state index contributed by atoms with van der Waals surface area (Å²) in [5.41, 5.74) is 6.81. The van der Waals surface area contributed by atoms with Crippen LogP contribution in [0.5, 0.6) is 0 Å². The molecule has 17 heavy (non-hydrogen) atoms. The van der Waals surface area contributed by atoms with E-state index >= 15 is 0 Å². The fourth-order valence-corrected chi connectivity index (χ4v) is 2.01. The van der Waals surface area contributed by atoms with Crippen molar-refractivity contribution in [3.05, 3.63) is 69.7 Å². The second-order valence-corrected chi connectivity index (χ2v) is 4.61. The molecule has 88 valence electrons. The zero-order valence-electron chi connectivity index (χ0n) is 8.83. The molecule has 1 unspecified atom stereocenters. The van der Waals surface area contributed by atoms with Crippen LogP contribution in [0, 0.1) is 11.6 Å². The van der Waals surface area contributed by atoms with Crippen molar-refractivity contribution >= 4 is 15.9 Å². The average molecular weight is 298 g/mol. The van der Waals surface area contributed by atoms with Crippen LogP contribution in [0.3, 0.4) is 0 Å². The van der Waals surface area contributed by atoms with Crippen molar-refractivity contribution in [3.63, 3.8) is 0 Å². The van der Waals surface area contributed by atoms with Crippen molar-refractivity contribution < 1.29 is 8.78 Å². The number of benzene rings is 2. The van der Waals surface area contributed by atoms with Crippen LogP contribution in [-0.4, -0.2) is 0 Å². The van der Waals surface area contributed by atoms with Gasteiger partial charge in [-0.15, -0.1) is 0 Å². The molecule has 0 amide bonds. The third-order valence-corrected chi connectivity index (χ3v) is 2.99. The summed E-state index contributed by atoms with van der Waals surface area (Å²) in [4.78, 5) is 0. The number of hydrogen-bond acceptors (Lipinski definition) is 1. The Labute approximate surface area is 106 Å². The molecule has 2 N–H and O–H groups in total. The number of nitrogens with two attached hydrogens (primary N) is 1. The SMILES string of the molecule is NC(c1cccc(F)c1)c1cc(Br)ccc1F. The maximum atomic E-state index is 13.6. The predicted octanol–water partition coefficient (Wildman–Crippen LogP) is 3.78. The maximum Gasteiger partial charge on any atom is 0.128 e. The van der Waals surface area contributed by atoms with E-state index in [1.807, 2.05) is 0 Å². The molecule has 2 aromatic carbocycles. The van der Waals surface area contributed by atoms with Gasteiger partial charge in [0.2, 0.25) is 0 Å². The third kappa shape index (κ3) is 2.70. The Kier molecular flexibility index (Phi) is 3.54. The highest BCUT2D eigenvalue weighted by Gasteiger charge is 2.14. The molecule has 1 atom stereocenters. The minimum absolute atomic E-state index is 0.338. The summed E-state index contributed by atoms with van der Waals surface area (Å²) in [5.74, 6) is -0.779. The average Bonchev–Trinajstić information content (AvgIpc) is 2.31. The van der Waals surface area contributed by atoms with Crippen LogP contribution in [0.1, 0.15) is 17.2 Å². The molecule has 0 aliphatic rings. The molecule has 4 heteroatoms. The van der Waals surface area contributed by atoms with E-state index in [1.165, 1.54) is 18.2 Å². The molecule has 0 fully saturated rings. The first-order valence-electron chi connectivity index (χ1n) is 5.04. The minimum atomic E-state index is -0.678. The lowest BCUT2D eigenvalue weighted by molar-refractivity contribution is 0.595. The van der Waals surface area contributed by atoms with E-state index in [0.717, 1.165) is 4.47 Å². The molecular formula is C13H10BrF2N. The lowest BCUT2D eigenvalue weighted by atomic mass is 9.99. The molecule has 2 aromatic rings. The molecule has 2 rings (SSSR count). The largest absolute Gasteiger partial charge is 0.320 e. The predicted molar refractivity (Wildman–Crippen MR) is 66.5 cm³/mol. The molecule has 0 aromatic heterocycles. The Hall–Kier alpha value is -1.26. The molecule has 0 spiro atoms. The molecule has 0 aliphatic carbocycles. The summed E-state index contributed by atoms with van der Waals surface area (Å²) >= 11 is 3.26. The van der Waals surface area contributed by atoms with E-state index < -0.39 is 11.9 Å². The van der Waals surface area contributed by atoms with Crippen LogP contribution in [0.2, 0.25) is 0 Å². The lowest BCUT2D eigenvalue weighted by Gasteiger charge is -2.13. The van der Waals surface area contributed by atoms with Crippen molar-refractivity contribution in [1.82, 2.24) is 0 Å². The van der Waals surface area contributed by atoms with E-state index in [2.05, 4.69) is 15.9 Å². The van der Waals surface area contributed by atoms with E-state index in [1.54, 1.807) is 24.3 Å². The monoisotopic (exact) mass is 297 g/mol. The highest BCUT2D eigenvalue weighted by atomic mass is 79.9. The van der Waals surface area contributed by atoms with Gasteiger partial charge >= 0.3 is 0 Å². The van der Waals surface area contributed by atoms with Crippen LogP contribution in [0.25, 0.3) is 0 Å². The third-order valence-electron chi connectivity index (χ3n) is 2.50. The summed E-state index contributed by atoms with van der Waals surface area (Å²) < 4.78 is 27.4. The molecule has 0 saturated heterocycles. The summed E-state index contributed by atoms with van der Waals surface area (Å²) in [7, 11) is 0. The summed E-state index contributed by atoms with van der Waals surface area (Å²) in [5, 5.41) is 0. The van der Waals surface area contributed by atoms with Gasteiger partial charge in [0, 0.05) is 10.0 Å². The van der Waals surface area contributed by atoms with Crippen molar-refractivity contribution in [2.45, 2.75) is 6.04 Å². The van der Waals surface area contributed by atoms with Gasteiger partial charge in [-0.05, 0) is 35.9 Å². The van der Waals surface area contributed by atoms with Gasteiger partial charge in [-0.2, -0.15) is 0 Å². The van der Waals surface area contributed by atoms with Crippen molar-refractivity contribution in [2.24, 2.45) is 5.73 Å². The second kappa shape index (κ2) is 4.94. The van der Waals surface area contributed by atoms with Crippen molar-refractivity contribution in [2.75, 3.05) is 0 Å². The molecule has 0 saturated carbocycles. The maximum absolute atomic E-state index is 13.6.